The van der Waals surface area contributed by atoms with E-state index in [0.717, 1.165) is 32.1 Å². The summed E-state index contributed by atoms with van der Waals surface area (Å²) in [7, 11) is 2.04. The van der Waals surface area contributed by atoms with E-state index in [9.17, 15) is 22.8 Å². The number of halogens is 3. The molecule has 2 aromatic heterocycles. The Hall–Kier alpha value is -4.28. The highest BCUT2D eigenvalue weighted by molar-refractivity contribution is 6.07. The molecule has 0 spiro atoms. The molecule has 2 amide bonds. The normalized spacial score (nSPS) is 19.5. The van der Waals surface area contributed by atoms with Crippen LogP contribution < -0.4 is 21.3 Å². The number of nitrogens with zero attached hydrogens (tertiary/aromatic N) is 7. The average molecular weight is 659 g/mol. The van der Waals surface area contributed by atoms with Gasteiger partial charge in [-0.25, -0.2) is 9.67 Å². The Kier molecular flexibility index (Phi) is 10.3. The minimum Gasteiger partial charge on any atom is -0.397 e. The van der Waals surface area contributed by atoms with Crippen LogP contribution in [-0.2, 0) is 10.9 Å². The summed E-state index contributed by atoms with van der Waals surface area (Å²) in [5.74, 6) is -1.39. The number of pyridine rings is 1. The van der Waals surface area contributed by atoms with E-state index >= 15 is 0 Å². The van der Waals surface area contributed by atoms with E-state index in [0.29, 0.717) is 44.2 Å². The summed E-state index contributed by atoms with van der Waals surface area (Å²) in [6.45, 7) is 11.2. The molecule has 2 fully saturated rings. The first kappa shape index (κ1) is 34.1. The summed E-state index contributed by atoms with van der Waals surface area (Å²) >= 11 is 0. The van der Waals surface area contributed by atoms with Gasteiger partial charge in [0.2, 0.25) is 0 Å². The Morgan fingerprint density at radius 2 is 1.79 bits per heavy atom. The highest BCUT2D eigenvalue weighted by atomic mass is 19.4. The van der Waals surface area contributed by atoms with Gasteiger partial charge >= 0.3 is 6.18 Å². The molecule has 1 aromatic carbocycles. The Balaban J connectivity index is 1.39. The number of carbonyl (C=O) groups excluding carboxylic acids is 2. The van der Waals surface area contributed by atoms with Crippen LogP contribution in [0.4, 0.5) is 30.2 Å². The quantitative estimate of drug-likeness (QED) is 0.294. The maximum Gasteiger partial charge on any atom is 0.434 e. The molecular formula is C31H41F3N10O3. The molecule has 4 N–H and O–H groups in total. The lowest BCUT2D eigenvalue weighted by Gasteiger charge is -2.44. The zero-order valence-corrected chi connectivity index (χ0v) is 27.0. The molecule has 254 valence electrons. The molecule has 0 radical (unpaired) electrons. The molecule has 2 aliphatic heterocycles. The molecule has 47 heavy (non-hydrogen) atoms. The van der Waals surface area contributed by atoms with Gasteiger partial charge in [-0.3, -0.25) is 19.4 Å². The molecule has 0 saturated carbocycles. The first-order valence-electron chi connectivity index (χ1n) is 15.6. The van der Waals surface area contributed by atoms with Crippen molar-refractivity contribution >= 4 is 28.9 Å². The van der Waals surface area contributed by atoms with Crippen molar-refractivity contribution in [1.82, 2.24) is 35.1 Å². The van der Waals surface area contributed by atoms with Gasteiger partial charge in [0, 0.05) is 44.8 Å². The second-order valence-electron chi connectivity index (χ2n) is 12.1. The number of anilines is 3. The third-order valence-electron chi connectivity index (χ3n) is 8.73. The average Bonchev–Trinajstić information content (AvgIpc) is 3.53. The van der Waals surface area contributed by atoms with Crippen LogP contribution in [0, 0.1) is 6.92 Å². The molecule has 2 atom stereocenters. The lowest BCUT2D eigenvalue weighted by Crippen LogP contribution is -2.55. The van der Waals surface area contributed by atoms with Gasteiger partial charge in [-0.05, 0) is 65.0 Å². The predicted octanol–water partition coefficient (Wildman–Crippen LogP) is 2.80. The Bertz CT molecular complexity index is 1580. The van der Waals surface area contributed by atoms with E-state index in [-0.39, 0.29) is 40.8 Å². The molecule has 0 aliphatic carbocycles. The van der Waals surface area contributed by atoms with Crippen LogP contribution in [0.3, 0.4) is 0 Å². The third kappa shape index (κ3) is 8.00. The van der Waals surface area contributed by atoms with Crippen LogP contribution in [0.25, 0.3) is 5.69 Å². The van der Waals surface area contributed by atoms with Crippen LogP contribution in [0.15, 0.2) is 30.5 Å². The van der Waals surface area contributed by atoms with E-state index in [1.807, 2.05) is 7.05 Å². The van der Waals surface area contributed by atoms with Gasteiger partial charge in [0.1, 0.15) is 0 Å². The maximum atomic E-state index is 13.9. The van der Waals surface area contributed by atoms with Crippen molar-refractivity contribution in [1.29, 1.82) is 0 Å². The highest BCUT2D eigenvalue weighted by Gasteiger charge is 2.38. The summed E-state index contributed by atoms with van der Waals surface area (Å²) in [6, 6.07) is 6.46. The number of rotatable bonds is 9. The molecule has 3 aromatic rings. The number of piperazine rings is 1. The van der Waals surface area contributed by atoms with Gasteiger partial charge in [0.05, 0.1) is 53.4 Å². The number of morpholine rings is 1. The van der Waals surface area contributed by atoms with E-state index in [1.165, 1.54) is 17.8 Å². The van der Waals surface area contributed by atoms with Crippen LogP contribution in [0.5, 0.6) is 0 Å². The number of carbonyl (C=O) groups is 2. The summed E-state index contributed by atoms with van der Waals surface area (Å²) in [5.41, 5.74) is 5.22. The number of nitrogen functional groups attached to an aromatic ring is 1. The monoisotopic (exact) mass is 658 g/mol. The van der Waals surface area contributed by atoms with Crippen molar-refractivity contribution in [3.63, 3.8) is 0 Å². The first-order valence-corrected chi connectivity index (χ1v) is 15.6. The van der Waals surface area contributed by atoms with Gasteiger partial charge in [-0.1, -0.05) is 5.21 Å². The zero-order valence-electron chi connectivity index (χ0n) is 27.0. The molecular weight excluding hydrogens is 617 g/mol. The van der Waals surface area contributed by atoms with Crippen LogP contribution in [0.1, 0.15) is 52.5 Å². The van der Waals surface area contributed by atoms with Crippen molar-refractivity contribution < 1.29 is 27.5 Å². The Labute approximate surface area is 271 Å². The van der Waals surface area contributed by atoms with E-state index < -0.39 is 23.3 Å². The van der Waals surface area contributed by atoms with Crippen molar-refractivity contribution in [2.24, 2.45) is 0 Å². The lowest BCUT2D eigenvalue weighted by molar-refractivity contribution is -0.141. The highest BCUT2D eigenvalue weighted by Crippen LogP contribution is 2.35. The van der Waals surface area contributed by atoms with Crippen LogP contribution in [-0.4, -0.2) is 113 Å². The number of benzene rings is 1. The lowest BCUT2D eigenvalue weighted by atomic mass is 10.1. The van der Waals surface area contributed by atoms with Crippen molar-refractivity contribution in [2.75, 3.05) is 75.5 Å². The summed E-state index contributed by atoms with van der Waals surface area (Å²) < 4.78 is 48.5. The summed E-state index contributed by atoms with van der Waals surface area (Å²) in [4.78, 5) is 36.5. The molecule has 0 bridgehead atoms. The third-order valence-corrected chi connectivity index (χ3v) is 8.73. The fourth-order valence-electron chi connectivity index (χ4n) is 5.76. The number of likely N-dealkylation sites (N-methyl/N-ethyl adjacent to an activating group) is 1. The Morgan fingerprint density at radius 3 is 2.47 bits per heavy atom. The molecule has 5 rings (SSSR count). The molecule has 2 aliphatic rings. The van der Waals surface area contributed by atoms with Gasteiger partial charge in [0.15, 0.2) is 11.4 Å². The van der Waals surface area contributed by atoms with Gasteiger partial charge in [-0.2, -0.15) is 13.2 Å². The second kappa shape index (κ2) is 14.2. The minimum absolute atomic E-state index is 0.0277. The number of amides is 2. The Morgan fingerprint density at radius 1 is 1.09 bits per heavy atom. The predicted molar refractivity (Wildman–Crippen MR) is 171 cm³/mol. The molecule has 16 heteroatoms. The number of hydrogen-bond donors (Lipinski definition) is 3. The van der Waals surface area contributed by atoms with E-state index in [4.69, 9.17) is 10.5 Å². The molecule has 0 unspecified atom stereocenters. The number of nitrogens with one attached hydrogen (secondary N) is 2. The SMILES string of the molecule is Cc1nc(C(F)(F)F)c(C(=O)Nc2cc(-n3cc(C(=O)NCCCN4CCOCC4)nn3)ccc2N2C[C@@H](C)N(C)[C@@H](C)C2)cc1N. The van der Waals surface area contributed by atoms with Crippen molar-refractivity contribution in [3.05, 3.63) is 53.1 Å². The topological polar surface area (TPSA) is 147 Å². The fraction of sp³-hybridized carbons (Fsp3) is 0.516. The summed E-state index contributed by atoms with van der Waals surface area (Å²) in [6.07, 6.45) is -2.64. The number of nitrogens with two attached hydrogens (primary N) is 1. The molecule has 13 nitrogen and oxygen atoms in total. The number of aromatic nitrogens is 4. The van der Waals surface area contributed by atoms with Gasteiger partial charge < -0.3 is 26.0 Å². The smallest absolute Gasteiger partial charge is 0.397 e. The fourth-order valence-corrected chi connectivity index (χ4v) is 5.76. The standard InChI is InChI=1S/C31H41F3N10O3/c1-19-16-43(17-20(2)41(19)4)27-7-6-22(14-25(27)38-29(45)23-15-24(35)21(3)37-28(23)31(32,33)34)44-18-26(39-40-44)30(46)36-8-5-9-42-10-12-47-13-11-42/h6-7,14-15,18-20H,5,8-13,16-17,35H2,1-4H3,(H,36,46)(H,38,45)/t19-,20+. The van der Waals surface area contributed by atoms with Crippen molar-refractivity contribution in [3.8, 4) is 5.69 Å². The van der Waals surface area contributed by atoms with E-state index in [1.54, 1.807) is 18.2 Å². The number of aryl methyl sites for hydroxylation is 1. The minimum atomic E-state index is -4.88. The first-order chi connectivity index (χ1) is 22.3. The summed E-state index contributed by atoms with van der Waals surface area (Å²) in [5, 5.41) is 13.7. The number of hydrogen-bond acceptors (Lipinski definition) is 10. The molecule has 2 saturated heterocycles. The molecule has 4 heterocycles. The largest absolute Gasteiger partial charge is 0.434 e. The zero-order chi connectivity index (χ0) is 33.9. The second-order valence-corrected chi connectivity index (χ2v) is 12.1. The van der Waals surface area contributed by atoms with Crippen LogP contribution >= 0.6 is 0 Å². The van der Waals surface area contributed by atoms with Gasteiger partial charge in [-0.15, -0.1) is 5.10 Å². The van der Waals surface area contributed by atoms with E-state index in [2.05, 4.69) is 54.5 Å². The number of alkyl halides is 3. The number of ether oxygens (including phenoxy) is 1. The van der Waals surface area contributed by atoms with Gasteiger partial charge in [0.25, 0.3) is 11.8 Å². The van der Waals surface area contributed by atoms with Crippen LogP contribution in [0.2, 0.25) is 0 Å². The van der Waals surface area contributed by atoms with Crippen molar-refractivity contribution in [2.45, 2.75) is 45.5 Å². The maximum absolute atomic E-state index is 13.9.